The van der Waals surface area contributed by atoms with Crippen LogP contribution in [0, 0.1) is 0 Å². The first-order valence-corrected chi connectivity index (χ1v) is 8.81. The van der Waals surface area contributed by atoms with Gasteiger partial charge in [0.2, 0.25) is 5.91 Å². The Morgan fingerprint density at radius 3 is 2.41 bits per heavy atom. The van der Waals surface area contributed by atoms with E-state index in [1.807, 2.05) is 0 Å². The number of fused-ring (bicyclic) bond motifs is 1. The van der Waals surface area contributed by atoms with Gasteiger partial charge in [0.25, 0.3) is 5.91 Å². The van der Waals surface area contributed by atoms with Crippen LogP contribution in [0.15, 0.2) is 30.3 Å². The smallest absolute Gasteiger partial charge is 0.305 e. The summed E-state index contributed by atoms with van der Waals surface area (Å²) >= 11 is 0. The van der Waals surface area contributed by atoms with Crippen molar-refractivity contribution in [2.75, 3.05) is 0 Å². The molecule has 1 heterocycles. The van der Waals surface area contributed by atoms with Gasteiger partial charge in [-0.2, -0.15) is 0 Å². The first-order chi connectivity index (χ1) is 13.7. The van der Waals surface area contributed by atoms with Gasteiger partial charge in [-0.05, 0) is 19.1 Å². The van der Waals surface area contributed by atoms with E-state index < -0.39 is 42.3 Å². The number of rotatable bonds is 10. The maximum Gasteiger partial charge on any atom is 0.305 e. The van der Waals surface area contributed by atoms with E-state index in [9.17, 15) is 24.0 Å². The average molecular weight is 403 g/mol. The third-order valence-electron chi connectivity index (χ3n) is 4.22. The first kappa shape index (κ1) is 21.6. The molecule has 2 rings (SSSR count). The molecular formula is C19H21N3O7. The van der Waals surface area contributed by atoms with Gasteiger partial charge < -0.3 is 30.2 Å². The molecular weight excluding hydrogens is 382 g/mol. The van der Waals surface area contributed by atoms with Crippen molar-refractivity contribution in [3.05, 3.63) is 36.0 Å². The van der Waals surface area contributed by atoms with Crippen molar-refractivity contribution in [2.24, 2.45) is 0 Å². The third-order valence-corrected chi connectivity index (χ3v) is 4.22. The molecule has 1 aromatic heterocycles. The molecule has 10 heteroatoms. The van der Waals surface area contributed by atoms with Crippen molar-refractivity contribution in [1.29, 1.82) is 0 Å². The van der Waals surface area contributed by atoms with Crippen LogP contribution in [0.5, 0.6) is 0 Å². The molecule has 0 aliphatic carbocycles. The Hall–Kier alpha value is -3.69. The van der Waals surface area contributed by atoms with Gasteiger partial charge in [-0.3, -0.25) is 19.2 Å². The van der Waals surface area contributed by atoms with Crippen molar-refractivity contribution in [3.8, 4) is 0 Å². The maximum atomic E-state index is 12.7. The summed E-state index contributed by atoms with van der Waals surface area (Å²) in [5.74, 6) is -3.58. The van der Waals surface area contributed by atoms with E-state index in [0.717, 1.165) is 5.39 Å². The molecule has 1 aromatic carbocycles. The number of nitrogens with one attached hydrogen (secondary N) is 2. The Labute approximate surface area is 165 Å². The highest BCUT2D eigenvalue weighted by Crippen LogP contribution is 2.20. The fourth-order valence-corrected chi connectivity index (χ4v) is 2.81. The van der Waals surface area contributed by atoms with E-state index in [-0.39, 0.29) is 18.7 Å². The second-order valence-corrected chi connectivity index (χ2v) is 6.43. The molecule has 1 unspecified atom stereocenters. The van der Waals surface area contributed by atoms with E-state index >= 15 is 0 Å². The topological polar surface area (TPSA) is 155 Å². The number of hydrogen-bond acceptors (Lipinski definition) is 5. The lowest BCUT2D eigenvalue weighted by Crippen LogP contribution is -2.49. The quantitative estimate of drug-likeness (QED) is 0.418. The molecule has 0 aliphatic rings. The van der Waals surface area contributed by atoms with E-state index in [4.69, 9.17) is 10.2 Å². The minimum atomic E-state index is -1.25. The van der Waals surface area contributed by atoms with Gasteiger partial charge >= 0.3 is 11.9 Å². The summed E-state index contributed by atoms with van der Waals surface area (Å²) in [6.07, 6.45) is -0.450. The van der Waals surface area contributed by atoms with Crippen molar-refractivity contribution in [1.82, 2.24) is 15.2 Å². The minimum absolute atomic E-state index is 0.0675. The van der Waals surface area contributed by atoms with Gasteiger partial charge in [-0.1, -0.05) is 18.2 Å². The van der Waals surface area contributed by atoms with Crippen molar-refractivity contribution in [2.45, 2.75) is 38.4 Å². The number of aromatic nitrogens is 1. The number of amides is 2. The van der Waals surface area contributed by atoms with Crippen LogP contribution in [0.25, 0.3) is 10.9 Å². The number of carboxylic acids is 2. The molecule has 4 N–H and O–H groups in total. The summed E-state index contributed by atoms with van der Waals surface area (Å²) in [6.45, 7) is 1.46. The van der Waals surface area contributed by atoms with Crippen molar-refractivity contribution in [3.63, 3.8) is 0 Å². The molecule has 0 fully saturated rings. The number of carbonyl (C=O) groups is 5. The molecule has 10 nitrogen and oxygen atoms in total. The average Bonchev–Trinajstić information content (AvgIpc) is 3.04. The Balaban J connectivity index is 2.16. The number of nitrogens with zero attached hydrogens (tertiary/aromatic N) is 1. The number of carboxylic acid groups (broad SMARTS) is 2. The lowest BCUT2D eigenvalue weighted by Gasteiger charge is -2.17. The monoisotopic (exact) mass is 403 g/mol. The van der Waals surface area contributed by atoms with E-state index in [1.54, 1.807) is 34.9 Å². The lowest BCUT2D eigenvalue weighted by atomic mass is 10.2. The predicted molar refractivity (Wildman–Crippen MR) is 101 cm³/mol. The zero-order valence-electron chi connectivity index (χ0n) is 15.6. The number of benzene rings is 1. The summed E-state index contributed by atoms with van der Waals surface area (Å²) in [6, 6.07) is 6.41. The Bertz CT molecular complexity index is 950. The number of carbonyl (C=O) groups excluding carboxylic acids is 3. The molecule has 29 heavy (non-hydrogen) atoms. The molecule has 0 radical (unpaired) electrons. The van der Waals surface area contributed by atoms with Gasteiger partial charge in [0, 0.05) is 17.4 Å². The maximum absolute atomic E-state index is 12.7. The normalized spacial score (nSPS) is 12.7. The summed E-state index contributed by atoms with van der Waals surface area (Å²) in [5.41, 5.74) is 0.864. The second kappa shape index (κ2) is 9.49. The van der Waals surface area contributed by atoms with Crippen LogP contribution in [-0.4, -0.2) is 56.9 Å². The zero-order chi connectivity index (χ0) is 21.6. The molecule has 2 aromatic rings. The van der Waals surface area contributed by atoms with Crippen LogP contribution in [0.4, 0.5) is 0 Å². The summed E-state index contributed by atoms with van der Waals surface area (Å²) in [5, 5.41) is 23.2. The van der Waals surface area contributed by atoms with E-state index in [1.165, 1.54) is 6.92 Å². The second-order valence-electron chi connectivity index (χ2n) is 6.43. The van der Waals surface area contributed by atoms with Gasteiger partial charge in [-0.15, -0.1) is 0 Å². The molecule has 0 spiro atoms. The Morgan fingerprint density at radius 2 is 1.79 bits per heavy atom. The molecule has 2 atom stereocenters. The highest BCUT2D eigenvalue weighted by Gasteiger charge is 2.23. The van der Waals surface area contributed by atoms with E-state index in [0.29, 0.717) is 11.8 Å². The molecule has 154 valence electrons. The van der Waals surface area contributed by atoms with Crippen LogP contribution in [0.1, 0.15) is 30.3 Å². The number of hydrogen-bond donors (Lipinski definition) is 4. The SMILES string of the molecule is CC(NC(=O)c1cc2ccccc2n1CCC(=O)O)C(=O)N[C@@H](C=O)CC(=O)O. The number of aliphatic carboxylic acids is 2. The Morgan fingerprint density at radius 1 is 1.10 bits per heavy atom. The fourth-order valence-electron chi connectivity index (χ4n) is 2.81. The third kappa shape index (κ3) is 5.64. The van der Waals surface area contributed by atoms with Crippen LogP contribution in [0.3, 0.4) is 0 Å². The van der Waals surface area contributed by atoms with Crippen LogP contribution in [0.2, 0.25) is 0 Å². The Kier molecular flexibility index (Phi) is 7.07. The highest BCUT2D eigenvalue weighted by atomic mass is 16.4. The van der Waals surface area contributed by atoms with Crippen molar-refractivity contribution >= 4 is 40.9 Å². The first-order valence-electron chi connectivity index (χ1n) is 8.81. The molecule has 2 amide bonds. The van der Waals surface area contributed by atoms with Crippen LogP contribution < -0.4 is 10.6 Å². The largest absolute Gasteiger partial charge is 0.481 e. The summed E-state index contributed by atoms with van der Waals surface area (Å²) in [7, 11) is 0. The minimum Gasteiger partial charge on any atom is -0.481 e. The molecule has 0 saturated carbocycles. The number of aryl methyl sites for hydroxylation is 1. The van der Waals surface area contributed by atoms with Crippen LogP contribution in [-0.2, 0) is 25.7 Å². The standard InChI is InChI=1S/C19H21N3O7/c1-11(18(28)21-13(10-23)9-17(26)27)20-19(29)15-8-12-4-2-3-5-14(12)22(15)7-6-16(24)25/h2-5,8,10-11,13H,6-7,9H2,1H3,(H,20,29)(H,21,28)(H,24,25)(H,26,27)/t11?,13-/m1/s1. The van der Waals surface area contributed by atoms with E-state index in [2.05, 4.69) is 10.6 Å². The van der Waals surface area contributed by atoms with Crippen molar-refractivity contribution < 1.29 is 34.2 Å². The molecule has 0 aliphatic heterocycles. The van der Waals surface area contributed by atoms with Gasteiger partial charge in [0.05, 0.1) is 18.9 Å². The highest BCUT2D eigenvalue weighted by molar-refractivity contribution is 6.01. The summed E-state index contributed by atoms with van der Waals surface area (Å²) < 4.78 is 1.56. The number of aldehydes is 1. The molecule has 0 saturated heterocycles. The van der Waals surface area contributed by atoms with Gasteiger partial charge in [-0.25, -0.2) is 0 Å². The zero-order valence-corrected chi connectivity index (χ0v) is 15.6. The molecule has 0 bridgehead atoms. The number of para-hydroxylation sites is 1. The van der Waals surface area contributed by atoms with Gasteiger partial charge in [0.15, 0.2) is 0 Å². The summed E-state index contributed by atoms with van der Waals surface area (Å²) in [4.78, 5) is 57.4. The predicted octanol–water partition coefficient (Wildman–Crippen LogP) is 0.393. The van der Waals surface area contributed by atoms with Gasteiger partial charge in [0.1, 0.15) is 18.0 Å². The van der Waals surface area contributed by atoms with Crippen LogP contribution >= 0.6 is 0 Å². The fraction of sp³-hybridized carbons (Fsp3) is 0.316. The lowest BCUT2D eigenvalue weighted by molar-refractivity contribution is -0.139.